The zero-order valence-corrected chi connectivity index (χ0v) is 16.3. The highest BCUT2D eigenvalue weighted by Gasteiger charge is 2.42. The topological polar surface area (TPSA) is 72.8 Å². The number of fused-ring (bicyclic) bond motifs is 1. The molecule has 0 saturated carbocycles. The lowest BCUT2D eigenvalue weighted by Gasteiger charge is -2.43. The first kappa shape index (κ1) is 10.6. The summed E-state index contributed by atoms with van der Waals surface area (Å²) in [6.45, 7) is -7.53. The second kappa shape index (κ2) is 9.46. The normalized spacial score (nSPS) is 48.1. The summed E-state index contributed by atoms with van der Waals surface area (Å²) >= 11 is 0. The van der Waals surface area contributed by atoms with Crippen LogP contribution in [0.3, 0.4) is 0 Å². The summed E-state index contributed by atoms with van der Waals surface area (Å²) in [5, 5.41) is 10.1. The van der Waals surface area contributed by atoms with Crippen molar-refractivity contribution in [3.63, 3.8) is 0 Å². The second-order valence-corrected chi connectivity index (χ2v) is 7.97. The molecular weight excluding hydrogens is 368 g/mol. The van der Waals surface area contributed by atoms with E-state index in [-0.39, 0.29) is 31.1 Å². The molecule has 1 aliphatic heterocycles. The van der Waals surface area contributed by atoms with Crippen LogP contribution in [0.15, 0.2) is 23.8 Å². The molecule has 1 unspecified atom stereocenters. The molecule has 0 amide bonds. The van der Waals surface area contributed by atoms with Gasteiger partial charge in [0.15, 0.2) is 0 Å². The average Bonchev–Trinajstić information content (AvgIpc) is 2.79. The molecule has 8 atom stereocenters. The highest BCUT2D eigenvalue weighted by molar-refractivity contribution is 5.72. The Morgan fingerprint density at radius 1 is 1.48 bits per heavy atom. The minimum atomic E-state index is -3.48. The van der Waals surface area contributed by atoms with Crippen molar-refractivity contribution >= 4 is 11.9 Å². The van der Waals surface area contributed by atoms with Crippen LogP contribution in [0, 0.1) is 29.6 Å². The molecule has 162 valence electrons. The Labute approximate surface area is 192 Å². The summed E-state index contributed by atoms with van der Waals surface area (Å²) in [6, 6.07) is 0. The molecule has 0 radical (unpaired) electrons. The summed E-state index contributed by atoms with van der Waals surface area (Å²) in [4.78, 5) is 25.4. The van der Waals surface area contributed by atoms with E-state index >= 15 is 0 Å². The quantitative estimate of drug-likeness (QED) is 0.656. The minimum Gasteiger partial charge on any atom is -0.462 e. The molecule has 3 rings (SSSR count). The van der Waals surface area contributed by atoms with Crippen LogP contribution in [0.2, 0.25) is 0 Å². The number of hydrogen-bond acceptors (Lipinski definition) is 5. The number of aliphatic hydroxyl groups is 1. The van der Waals surface area contributed by atoms with Crippen molar-refractivity contribution in [1.29, 1.82) is 0 Å². The van der Waals surface area contributed by atoms with E-state index in [9.17, 15) is 14.7 Å². The van der Waals surface area contributed by atoms with E-state index in [2.05, 4.69) is 0 Å². The van der Waals surface area contributed by atoms with Crippen LogP contribution in [0.5, 0.6) is 0 Å². The van der Waals surface area contributed by atoms with Gasteiger partial charge >= 0.3 is 11.9 Å². The van der Waals surface area contributed by atoms with Crippen LogP contribution in [0.4, 0.5) is 0 Å². The zero-order valence-electron chi connectivity index (χ0n) is 29.3. The smallest absolute Gasteiger partial charge is 0.308 e. The molecular formula is C24H36O5. The first-order valence-corrected chi connectivity index (χ1v) is 9.88. The molecule has 3 aliphatic rings. The van der Waals surface area contributed by atoms with Gasteiger partial charge in [0.25, 0.3) is 0 Å². The molecule has 2 aliphatic carbocycles. The lowest BCUT2D eigenvalue weighted by molar-refractivity contribution is -0.162. The zero-order chi connectivity index (χ0) is 32.2. The van der Waals surface area contributed by atoms with Crippen molar-refractivity contribution in [3.8, 4) is 0 Å². The van der Waals surface area contributed by atoms with Crippen LogP contribution < -0.4 is 0 Å². The number of carbonyl (C=O) groups is 2. The Hall–Kier alpha value is -1.62. The van der Waals surface area contributed by atoms with E-state index in [0.717, 1.165) is 0 Å². The molecule has 0 bridgehead atoms. The number of rotatable bonds is 6. The summed E-state index contributed by atoms with van der Waals surface area (Å²) in [5.41, 5.74) is 0.504. The van der Waals surface area contributed by atoms with Gasteiger partial charge in [-0.15, -0.1) is 0 Å². The van der Waals surface area contributed by atoms with Gasteiger partial charge in [0.1, 0.15) is 12.2 Å². The molecule has 5 nitrogen and oxygen atoms in total. The fraction of sp³-hybridized carbons (Fsp3) is 0.750. The predicted molar refractivity (Wildman–Crippen MR) is 111 cm³/mol. The fourth-order valence-electron chi connectivity index (χ4n) is 4.52. The molecule has 1 fully saturated rings. The van der Waals surface area contributed by atoms with Crippen LogP contribution in [0.1, 0.15) is 83.7 Å². The fourth-order valence-corrected chi connectivity index (χ4v) is 4.52. The summed E-state index contributed by atoms with van der Waals surface area (Å²) < 4.78 is 112. The van der Waals surface area contributed by atoms with Gasteiger partial charge in [0, 0.05) is 30.2 Å². The Morgan fingerprint density at radius 2 is 2.34 bits per heavy atom. The highest BCUT2D eigenvalue weighted by atomic mass is 16.5. The molecule has 0 aromatic heterocycles. The van der Waals surface area contributed by atoms with Crippen molar-refractivity contribution in [2.24, 2.45) is 29.6 Å². The van der Waals surface area contributed by atoms with Crippen LogP contribution in [-0.4, -0.2) is 35.4 Å². The van der Waals surface area contributed by atoms with Crippen molar-refractivity contribution in [2.75, 3.05) is 0 Å². The van der Waals surface area contributed by atoms with Crippen LogP contribution in [0.25, 0.3) is 0 Å². The maximum Gasteiger partial charge on any atom is 0.308 e. The molecule has 29 heavy (non-hydrogen) atoms. The largest absolute Gasteiger partial charge is 0.462 e. The molecule has 5 heteroatoms. The van der Waals surface area contributed by atoms with E-state index in [0.29, 0.717) is 12.0 Å². The van der Waals surface area contributed by atoms with Crippen LogP contribution in [-0.2, 0) is 19.1 Å². The monoisotopic (exact) mass is 417 g/mol. The standard InChI is InChI=1S/C24H36O5/c1-5-15(3)24(27)29-21-11-14(2)10-17-7-6-16(4)20(23(17)21)9-8-19-12-18(25)13-22(26)28-19/h6-7,10,14-16,18-21,23,25H,5,8-9,11-13H2,1-4H3/t14-,15-,16-,18+,19?,20-,21-,23-/m0/s1/i1D3,2D3,3D3,5D2,13D2. The van der Waals surface area contributed by atoms with E-state index in [1.165, 1.54) is 0 Å². The van der Waals surface area contributed by atoms with Gasteiger partial charge in [0.2, 0.25) is 0 Å². The van der Waals surface area contributed by atoms with Crippen molar-refractivity contribution in [3.05, 3.63) is 23.8 Å². The van der Waals surface area contributed by atoms with Gasteiger partial charge in [-0.2, -0.15) is 0 Å². The lowest BCUT2D eigenvalue weighted by atomic mass is 9.65. The number of hydrogen-bond donors (Lipinski definition) is 1. The summed E-state index contributed by atoms with van der Waals surface area (Å²) in [5.74, 6) is -7.82. The molecule has 1 heterocycles. The van der Waals surface area contributed by atoms with Crippen molar-refractivity contribution in [1.82, 2.24) is 0 Å². The van der Waals surface area contributed by atoms with Gasteiger partial charge in [-0.3, -0.25) is 9.59 Å². The van der Waals surface area contributed by atoms with E-state index in [4.69, 9.17) is 27.3 Å². The number of esters is 2. The van der Waals surface area contributed by atoms with Gasteiger partial charge in [-0.1, -0.05) is 45.7 Å². The third kappa shape index (κ3) is 5.30. The molecule has 0 aromatic carbocycles. The average molecular weight is 418 g/mol. The molecule has 0 aromatic rings. The number of cyclic esters (lactones) is 1. The summed E-state index contributed by atoms with van der Waals surface area (Å²) in [6.07, 6.45) is -4.52. The molecule has 0 spiro atoms. The first-order valence-electron chi connectivity index (χ1n) is 16.4. The van der Waals surface area contributed by atoms with Crippen molar-refractivity contribution < 1.29 is 42.0 Å². The SMILES string of the molecule is [2H]C([2H])([2H])[C@H]1C=C2C=C[C@H](C)[C@H](CCC3C[C@@H](O)C([2H])([2H])C(=O)O3)[C@H]2[C@@H](OC(=O)[C@@H](C([2H])([2H])[2H])C([2H])([2H])C([2H])([2H])[2H])C1. The Kier molecular flexibility index (Phi) is 3.46. The van der Waals surface area contributed by atoms with E-state index in [1.807, 2.05) is 13.0 Å². The Morgan fingerprint density at radius 3 is 3.07 bits per heavy atom. The van der Waals surface area contributed by atoms with Gasteiger partial charge in [0.05, 0.1) is 18.4 Å². The van der Waals surface area contributed by atoms with Crippen LogP contribution >= 0.6 is 0 Å². The number of ether oxygens (including phenoxy) is 2. The van der Waals surface area contributed by atoms with E-state index in [1.54, 1.807) is 12.2 Å². The molecule has 1 saturated heterocycles. The van der Waals surface area contributed by atoms with Gasteiger partial charge in [-0.25, -0.2) is 0 Å². The van der Waals surface area contributed by atoms with Crippen molar-refractivity contribution in [2.45, 2.75) is 84.2 Å². The van der Waals surface area contributed by atoms with Gasteiger partial charge in [-0.05, 0) is 49.0 Å². The first-order chi connectivity index (χ1) is 18.9. The highest BCUT2D eigenvalue weighted by Crippen LogP contribution is 2.45. The third-order valence-electron chi connectivity index (χ3n) is 5.91. The second-order valence-electron chi connectivity index (χ2n) is 7.97. The summed E-state index contributed by atoms with van der Waals surface area (Å²) in [7, 11) is 0. The maximum absolute atomic E-state index is 13.3. The predicted octanol–water partition coefficient (Wildman–Crippen LogP) is 4.20. The Bertz CT molecular complexity index is 1090. The van der Waals surface area contributed by atoms with E-state index < -0.39 is 81.3 Å². The third-order valence-corrected chi connectivity index (χ3v) is 5.91. The number of carbonyl (C=O) groups excluding carboxylic acids is 2. The maximum atomic E-state index is 13.3. The number of aliphatic hydroxyl groups excluding tert-OH is 1. The molecule has 1 N–H and O–H groups in total. The lowest BCUT2D eigenvalue weighted by Crippen LogP contribution is -2.42. The van der Waals surface area contributed by atoms with Gasteiger partial charge < -0.3 is 14.6 Å². The minimum absolute atomic E-state index is 0.146. The Balaban J connectivity index is 1.94. The number of allylic oxidation sites excluding steroid dienone is 3.